The molecule has 0 atom stereocenters. The van der Waals surface area contributed by atoms with Crippen LogP contribution in [0.2, 0.25) is 0 Å². The molecule has 0 N–H and O–H groups in total. The summed E-state index contributed by atoms with van der Waals surface area (Å²) in [5.74, 6) is 0. The number of hydrogen-bond acceptors (Lipinski definition) is 2. The molecule has 0 aliphatic carbocycles. The summed E-state index contributed by atoms with van der Waals surface area (Å²) in [5.41, 5.74) is 18.9. The summed E-state index contributed by atoms with van der Waals surface area (Å²) < 4.78 is 8.76. The van der Waals surface area contributed by atoms with Crippen LogP contribution in [0.15, 0.2) is 284 Å². The highest BCUT2D eigenvalue weighted by molar-refractivity contribution is 6.12. The Morgan fingerprint density at radius 2 is 1.10 bits per heavy atom. The summed E-state index contributed by atoms with van der Waals surface area (Å²) in [6.07, 6.45) is 16.3. The minimum atomic E-state index is 0.783. The van der Waals surface area contributed by atoms with Gasteiger partial charge in [-0.3, -0.25) is 0 Å². The van der Waals surface area contributed by atoms with Gasteiger partial charge in [-0.25, -0.2) is 0 Å². The van der Waals surface area contributed by atoms with Gasteiger partial charge in [-0.1, -0.05) is 208 Å². The lowest BCUT2D eigenvalue weighted by molar-refractivity contribution is 0.670. The second kappa shape index (κ2) is 19.9. The Balaban J connectivity index is 0.881. The molecule has 0 saturated heterocycles. The third-order valence-corrected chi connectivity index (χ3v) is 13.4. The van der Waals surface area contributed by atoms with Gasteiger partial charge in [-0.05, 0) is 130 Å². The average molecular weight is 925 g/mol. The summed E-state index contributed by atoms with van der Waals surface area (Å²) in [5, 5.41) is 4.66. The zero-order valence-corrected chi connectivity index (χ0v) is 40.3. The molecular weight excluding hydrogens is 873 g/mol. The van der Waals surface area contributed by atoms with E-state index in [0.717, 1.165) is 111 Å². The molecule has 11 rings (SSSR count). The van der Waals surface area contributed by atoms with Crippen molar-refractivity contribution in [2.75, 3.05) is 4.90 Å². The number of aromatic nitrogens is 1. The first-order chi connectivity index (χ1) is 35.4. The quantitative estimate of drug-likeness (QED) is 0.101. The number of rotatable bonds is 14. The largest absolute Gasteiger partial charge is 0.455 e. The minimum Gasteiger partial charge on any atom is -0.455 e. The SMILES string of the molecule is C=CC(=CC=Cc1ccccc1)N(C(=C)C=CC(=C)c1ccc(-c2ccc3c(c2)c2cc(-c4ccc(-c5cccc6c5oc5ccccc56)cc4)ccc2n3-c2ccccc2)cc1)c1ccc(C=CC)cc1. The lowest BCUT2D eigenvalue weighted by Gasteiger charge is -2.26. The van der Waals surface area contributed by atoms with Gasteiger partial charge < -0.3 is 13.9 Å². The smallest absolute Gasteiger partial charge is 0.143 e. The molecule has 2 heterocycles. The van der Waals surface area contributed by atoms with Gasteiger partial charge in [0.15, 0.2) is 0 Å². The van der Waals surface area contributed by atoms with Crippen molar-refractivity contribution in [3.05, 3.63) is 297 Å². The van der Waals surface area contributed by atoms with E-state index in [1.54, 1.807) is 0 Å². The monoisotopic (exact) mass is 924 g/mol. The van der Waals surface area contributed by atoms with Crippen LogP contribution in [-0.4, -0.2) is 4.57 Å². The summed E-state index contributed by atoms with van der Waals surface area (Å²) in [4.78, 5) is 2.11. The Kier molecular flexibility index (Phi) is 12.4. The van der Waals surface area contributed by atoms with Gasteiger partial charge in [-0.2, -0.15) is 0 Å². The topological polar surface area (TPSA) is 21.3 Å². The molecule has 0 amide bonds. The second-order valence-electron chi connectivity index (χ2n) is 17.9. The first-order valence-corrected chi connectivity index (χ1v) is 24.3. The van der Waals surface area contributed by atoms with Crippen molar-refractivity contribution in [2.45, 2.75) is 6.92 Å². The standard InChI is InChI=1S/C69H52N2O/c1-5-17-50-30-42-60(43-31-50)70(58(6-2)23-15-20-51-18-9-7-10-19-51)49(4)29-28-48(3)52-32-34-53(35-33-52)56-40-44-66-64(46-56)65-47-57(41-45-67(65)71(66)59-21-11-8-12-22-59)54-36-38-55(39-37-54)61-25-16-26-63-62-24-13-14-27-68(62)72-69(61)63/h5-47H,2-4H2,1H3. The van der Waals surface area contributed by atoms with Crippen LogP contribution in [0.1, 0.15) is 23.6 Å². The minimum absolute atomic E-state index is 0.783. The average Bonchev–Trinajstić information content (AvgIpc) is 3.98. The van der Waals surface area contributed by atoms with Gasteiger partial charge in [0, 0.05) is 49.9 Å². The van der Waals surface area contributed by atoms with Crippen LogP contribution in [0.4, 0.5) is 5.69 Å². The van der Waals surface area contributed by atoms with Gasteiger partial charge in [0.2, 0.25) is 0 Å². The molecule has 3 nitrogen and oxygen atoms in total. The fraction of sp³-hybridized carbons (Fsp3) is 0.0145. The number of hydrogen-bond donors (Lipinski definition) is 0. The lowest BCUT2D eigenvalue weighted by atomic mass is 9.97. The highest BCUT2D eigenvalue weighted by Crippen LogP contribution is 2.40. The second-order valence-corrected chi connectivity index (χ2v) is 17.9. The molecule has 344 valence electrons. The molecule has 11 aromatic rings. The van der Waals surface area contributed by atoms with E-state index in [1.165, 1.54) is 10.8 Å². The molecule has 0 spiro atoms. The molecular formula is C69H52N2O. The van der Waals surface area contributed by atoms with Crippen molar-refractivity contribution in [3.8, 4) is 39.1 Å². The van der Waals surface area contributed by atoms with E-state index in [0.29, 0.717) is 0 Å². The molecule has 0 unspecified atom stereocenters. The number of benzene rings is 9. The Hall–Kier alpha value is -9.44. The number of anilines is 1. The third-order valence-electron chi connectivity index (χ3n) is 13.4. The van der Waals surface area contributed by atoms with E-state index in [4.69, 9.17) is 4.42 Å². The lowest BCUT2D eigenvalue weighted by Crippen LogP contribution is -2.19. The first-order valence-electron chi connectivity index (χ1n) is 24.3. The van der Waals surface area contributed by atoms with Crippen LogP contribution in [-0.2, 0) is 0 Å². The van der Waals surface area contributed by atoms with Crippen LogP contribution < -0.4 is 4.90 Å². The van der Waals surface area contributed by atoms with Crippen molar-refractivity contribution < 1.29 is 4.42 Å². The molecule has 72 heavy (non-hydrogen) atoms. The Bertz CT molecular complexity index is 3930. The summed E-state index contributed by atoms with van der Waals surface area (Å²) in [6.45, 7) is 15.2. The van der Waals surface area contributed by atoms with Gasteiger partial charge in [0.05, 0.1) is 11.0 Å². The Morgan fingerprint density at radius 1 is 0.514 bits per heavy atom. The van der Waals surface area contributed by atoms with Crippen molar-refractivity contribution in [2.24, 2.45) is 0 Å². The maximum Gasteiger partial charge on any atom is 0.143 e. The molecule has 0 radical (unpaired) electrons. The van der Waals surface area contributed by atoms with Crippen LogP contribution in [0.25, 0.3) is 101 Å². The zero-order chi connectivity index (χ0) is 49.0. The molecule has 9 aromatic carbocycles. The van der Waals surface area contributed by atoms with E-state index in [1.807, 2.05) is 67.6 Å². The highest BCUT2D eigenvalue weighted by Gasteiger charge is 2.17. The normalized spacial score (nSPS) is 12.0. The van der Waals surface area contributed by atoms with Crippen molar-refractivity contribution in [1.82, 2.24) is 4.57 Å². The first kappa shape index (κ1) is 45.0. The fourth-order valence-corrected chi connectivity index (χ4v) is 9.76. The van der Waals surface area contributed by atoms with Crippen molar-refractivity contribution >= 4 is 67.2 Å². The Morgan fingerprint density at radius 3 is 1.76 bits per heavy atom. The summed E-state index contributed by atoms with van der Waals surface area (Å²) in [7, 11) is 0. The molecule has 3 heteroatoms. The van der Waals surface area contributed by atoms with Gasteiger partial charge >= 0.3 is 0 Å². The fourth-order valence-electron chi connectivity index (χ4n) is 9.76. The third kappa shape index (κ3) is 8.88. The van der Waals surface area contributed by atoms with Gasteiger partial charge in [0.25, 0.3) is 0 Å². The van der Waals surface area contributed by atoms with Crippen molar-refractivity contribution in [3.63, 3.8) is 0 Å². The van der Waals surface area contributed by atoms with Crippen LogP contribution >= 0.6 is 0 Å². The highest BCUT2D eigenvalue weighted by atomic mass is 16.3. The Labute approximate surface area is 421 Å². The van der Waals surface area contributed by atoms with E-state index in [2.05, 4.69) is 229 Å². The number of allylic oxidation sites excluding steroid dienone is 7. The van der Waals surface area contributed by atoms with Crippen molar-refractivity contribution in [1.29, 1.82) is 0 Å². The number of para-hydroxylation sites is 3. The molecule has 0 aliphatic rings. The van der Waals surface area contributed by atoms with E-state index in [9.17, 15) is 0 Å². The van der Waals surface area contributed by atoms with Gasteiger partial charge in [-0.15, -0.1) is 0 Å². The van der Waals surface area contributed by atoms with E-state index in [-0.39, 0.29) is 0 Å². The zero-order valence-electron chi connectivity index (χ0n) is 40.3. The number of fused-ring (bicyclic) bond motifs is 6. The predicted octanol–water partition coefficient (Wildman–Crippen LogP) is 19.1. The summed E-state index contributed by atoms with van der Waals surface area (Å²) in [6, 6.07) is 75.2. The van der Waals surface area contributed by atoms with Crippen LogP contribution in [0.3, 0.4) is 0 Å². The molecule has 0 aliphatic heterocycles. The summed E-state index contributed by atoms with van der Waals surface area (Å²) >= 11 is 0. The van der Waals surface area contributed by atoms with E-state index >= 15 is 0 Å². The predicted molar refractivity (Wildman–Crippen MR) is 309 cm³/mol. The number of nitrogens with zero attached hydrogens (tertiary/aromatic N) is 2. The van der Waals surface area contributed by atoms with E-state index < -0.39 is 0 Å². The van der Waals surface area contributed by atoms with Gasteiger partial charge in [0.1, 0.15) is 11.2 Å². The maximum atomic E-state index is 6.39. The molecule has 0 saturated carbocycles. The molecule has 0 bridgehead atoms. The maximum absolute atomic E-state index is 6.39. The molecule has 2 aromatic heterocycles. The van der Waals surface area contributed by atoms with Crippen LogP contribution in [0, 0.1) is 0 Å². The number of furan rings is 1. The van der Waals surface area contributed by atoms with Crippen LogP contribution in [0.5, 0.6) is 0 Å². The molecule has 0 fully saturated rings.